The number of amides is 2. The Morgan fingerprint density at radius 2 is 2.11 bits per heavy atom. The summed E-state index contributed by atoms with van der Waals surface area (Å²) in [5.74, 6) is -0.850. The molecule has 5 nitrogen and oxygen atoms in total. The van der Waals surface area contributed by atoms with Gasteiger partial charge in [0.25, 0.3) is 0 Å². The third-order valence-corrected chi connectivity index (χ3v) is 2.39. The van der Waals surface area contributed by atoms with Gasteiger partial charge in [0.05, 0.1) is 6.54 Å². The minimum absolute atomic E-state index is 0.0573. The minimum Gasteiger partial charge on any atom is -0.481 e. The molecule has 19 heavy (non-hydrogen) atoms. The van der Waals surface area contributed by atoms with Gasteiger partial charge < -0.3 is 15.7 Å². The van der Waals surface area contributed by atoms with Gasteiger partial charge in [-0.05, 0) is 24.1 Å². The number of carbonyl (C=O) groups is 2. The molecule has 0 saturated heterocycles. The summed E-state index contributed by atoms with van der Waals surface area (Å²) in [4.78, 5) is 22.0. The molecule has 0 aromatic heterocycles. The van der Waals surface area contributed by atoms with Crippen LogP contribution in [0.2, 0.25) is 0 Å². The predicted molar refractivity (Wildman–Crippen MR) is 74.4 cm³/mol. The number of hydrogen-bond acceptors (Lipinski definition) is 2. The number of carboxylic acid groups (broad SMARTS) is 1. The van der Waals surface area contributed by atoms with Crippen LogP contribution in [0.15, 0.2) is 35.9 Å². The predicted octanol–water partition coefficient (Wildman–Crippen LogP) is 2.58. The molecule has 3 N–H and O–H groups in total. The van der Waals surface area contributed by atoms with E-state index in [0.717, 1.165) is 5.56 Å². The van der Waals surface area contributed by atoms with Crippen molar-refractivity contribution in [1.82, 2.24) is 5.32 Å². The summed E-state index contributed by atoms with van der Waals surface area (Å²) in [6.07, 6.45) is 0.479. The fourth-order valence-electron chi connectivity index (χ4n) is 1.41. The first-order valence-corrected chi connectivity index (χ1v) is 6.04. The third kappa shape index (κ3) is 6.47. The van der Waals surface area contributed by atoms with Crippen LogP contribution < -0.4 is 10.6 Å². The Labute approximate surface area is 116 Å². The highest BCUT2D eigenvalue weighted by molar-refractivity contribution is 6.29. The molecule has 1 rings (SSSR count). The van der Waals surface area contributed by atoms with Gasteiger partial charge in [-0.25, -0.2) is 4.79 Å². The van der Waals surface area contributed by atoms with Crippen molar-refractivity contribution in [1.29, 1.82) is 0 Å². The zero-order chi connectivity index (χ0) is 14.3. The Kier molecular flexibility index (Phi) is 5.89. The van der Waals surface area contributed by atoms with E-state index in [-0.39, 0.29) is 13.0 Å². The number of carboxylic acids is 1. The molecule has 0 saturated carbocycles. The molecule has 0 spiro atoms. The standard InChI is InChI=1S/C13H15ClN2O3/c1-9(14)8-15-13(19)16-11-4-2-3-10(7-11)5-6-12(17)18/h2-4,7H,1,5-6,8H2,(H,17,18)(H2,15,16,19). The quantitative estimate of drug-likeness (QED) is 0.750. The molecule has 1 aromatic carbocycles. The van der Waals surface area contributed by atoms with E-state index in [1.165, 1.54) is 0 Å². The van der Waals surface area contributed by atoms with Crippen LogP contribution in [0.4, 0.5) is 10.5 Å². The lowest BCUT2D eigenvalue weighted by molar-refractivity contribution is -0.136. The maximum Gasteiger partial charge on any atom is 0.319 e. The topological polar surface area (TPSA) is 78.4 Å². The third-order valence-electron chi connectivity index (χ3n) is 2.25. The fraction of sp³-hybridized carbons (Fsp3) is 0.231. The average Bonchev–Trinajstić information content (AvgIpc) is 2.34. The van der Waals surface area contributed by atoms with Crippen LogP contribution in [0.25, 0.3) is 0 Å². The van der Waals surface area contributed by atoms with E-state index in [1.54, 1.807) is 18.2 Å². The fourth-order valence-corrected chi connectivity index (χ4v) is 1.47. The molecule has 0 aliphatic heterocycles. The van der Waals surface area contributed by atoms with E-state index in [2.05, 4.69) is 17.2 Å². The molecule has 0 atom stereocenters. The highest BCUT2D eigenvalue weighted by atomic mass is 35.5. The van der Waals surface area contributed by atoms with Gasteiger partial charge in [0.1, 0.15) is 0 Å². The maximum atomic E-state index is 11.5. The van der Waals surface area contributed by atoms with Gasteiger partial charge in [-0.15, -0.1) is 0 Å². The van der Waals surface area contributed by atoms with E-state index in [1.807, 2.05) is 6.07 Å². The number of nitrogens with one attached hydrogen (secondary N) is 2. The summed E-state index contributed by atoms with van der Waals surface area (Å²) in [6, 6.07) is 6.63. The van der Waals surface area contributed by atoms with Crippen molar-refractivity contribution in [2.75, 3.05) is 11.9 Å². The molecule has 2 amide bonds. The Morgan fingerprint density at radius 3 is 2.74 bits per heavy atom. The second kappa shape index (κ2) is 7.43. The lowest BCUT2D eigenvalue weighted by Crippen LogP contribution is -2.29. The van der Waals surface area contributed by atoms with Gasteiger partial charge >= 0.3 is 12.0 Å². The first-order chi connectivity index (χ1) is 8.97. The number of anilines is 1. The molecule has 0 fully saturated rings. The number of carbonyl (C=O) groups excluding carboxylic acids is 1. The van der Waals surface area contributed by atoms with Gasteiger partial charge in [0.2, 0.25) is 0 Å². The molecule has 1 aromatic rings. The van der Waals surface area contributed by atoms with Crippen LogP contribution in [-0.4, -0.2) is 23.7 Å². The van der Waals surface area contributed by atoms with Crippen molar-refractivity contribution in [3.8, 4) is 0 Å². The molecule has 0 radical (unpaired) electrons. The van der Waals surface area contributed by atoms with Gasteiger partial charge in [-0.3, -0.25) is 4.79 Å². The van der Waals surface area contributed by atoms with Crippen molar-refractivity contribution in [2.45, 2.75) is 12.8 Å². The zero-order valence-electron chi connectivity index (χ0n) is 10.3. The lowest BCUT2D eigenvalue weighted by atomic mass is 10.1. The lowest BCUT2D eigenvalue weighted by Gasteiger charge is -2.08. The summed E-state index contributed by atoms with van der Waals surface area (Å²) in [7, 11) is 0. The summed E-state index contributed by atoms with van der Waals surface area (Å²) in [6.45, 7) is 3.64. The van der Waals surface area contributed by atoms with Gasteiger partial charge in [0.15, 0.2) is 0 Å². The highest BCUT2D eigenvalue weighted by Gasteiger charge is 2.03. The first kappa shape index (κ1) is 15.0. The molecule has 0 bridgehead atoms. The zero-order valence-corrected chi connectivity index (χ0v) is 11.0. The van der Waals surface area contributed by atoms with E-state index >= 15 is 0 Å². The Bertz CT molecular complexity index is 489. The molecule has 6 heteroatoms. The van der Waals surface area contributed by atoms with Crippen molar-refractivity contribution in [2.24, 2.45) is 0 Å². The number of aliphatic carboxylic acids is 1. The number of aryl methyl sites for hydroxylation is 1. The van der Waals surface area contributed by atoms with Crippen LogP contribution in [0.5, 0.6) is 0 Å². The van der Waals surface area contributed by atoms with Crippen molar-refractivity contribution >= 4 is 29.3 Å². The largest absolute Gasteiger partial charge is 0.481 e. The van der Waals surface area contributed by atoms with Gasteiger partial charge in [-0.2, -0.15) is 0 Å². The highest BCUT2D eigenvalue weighted by Crippen LogP contribution is 2.12. The molecular formula is C13H15ClN2O3. The minimum atomic E-state index is -0.850. The Balaban J connectivity index is 2.54. The van der Waals surface area contributed by atoms with Gasteiger partial charge in [-0.1, -0.05) is 30.3 Å². The van der Waals surface area contributed by atoms with Gasteiger partial charge in [0, 0.05) is 17.1 Å². The normalized spacial score (nSPS) is 9.74. The van der Waals surface area contributed by atoms with Crippen LogP contribution in [0.3, 0.4) is 0 Å². The molecule has 0 aliphatic rings. The van der Waals surface area contributed by atoms with Crippen molar-refractivity contribution < 1.29 is 14.7 Å². The van der Waals surface area contributed by atoms with Crippen LogP contribution in [0.1, 0.15) is 12.0 Å². The second-order valence-electron chi connectivity index (χ2n) is 3.92. The summed E-state index contributed by atoms with van der Waals surface area (Å²) in [5, 5.41) is 14.1. The maximum absolute atomic E-state index is 11.5. The number of hydrogen-bond donors (Lipinski definition) is 3. The SMILES string of the molecule is C=C(Cl)CNC(=O)Nc1cccc(CCC(=O)O)c1. The smallest absolute Gasteiger partial charge is 0.319 e. The molecule has 102 valence electrons. The number of urea groups is 1. The Morgan fingerprint density at radius 1 is 1.37 bits per heavy atom. The van der Waals surface area contributed by atoms with E-state index in [0.29, 0.717) is 17.1 Å². The summed E-state index contributed by atoms with van der Waals surface area (Å²) >= 11 is 5.53. The molecule has 0 aliphatic carbocycles. The summed E-state index contributed by atoms with van der Waals surface area (Å²) in [5.41, 5.74) is 1.45. The Hall–Kier alpha value is -2.01. The summed E-state index contributed by atoms with van der Waals surface area (Å²) < 4.78 is 0. The molecule has 0 unspecified atom stereocenters. The average molecular weight is 283 g/mol. The van der Waals surface area contributed by atoms with Crippen LogP contribution >= 0.6 is 11.6 Å². The molecule has 0 heterocycles. The van der Waals surface area contributed by atoms with Crippen molar-refractivity contribution in [3.05, 3.63) is 41.4 Å². The number of rotatable bonds is 6. The molecular weight excluding hydrogens is 268 g/mol. The van der Waals surface area contributed by atoms with E-state index in [9.17, 15) is 9.59 Å². The first-order valence-electron chi connectivity index (χ1n) is 5.66. The van der Waals surface area contributed by atoms with Crippen molar-refractivity contribution in [3.63, 3.8) is 0 Å². The monoisotopic (exact) mass is 282 g/mol. The van der Waals surface area contributed by atoms with E-state index in [4.69, 9.17) is 16.7 Å². The van der Waals surface area contributed by atoms with Crippen LogP contribution in [-0.2, 0) is 11.2 Å². The van der Waals surface area contributed by atoms with Crippen LogP contribution in [0, 0.1) is 0 Å². The van der Waals surface area contributed by atoms with E-state index < -0.39 is 12.0 Å². The second-order valence-corrected chi connectivity index (χ2v) is 4.45. The number of halogens is 1. The number of benzene rings is 1.